The van der Waals surface area contributed by atoms with Gasteiger partial charge in [-0.15, -0.1) is 0 Å². The van der Waals surface area contributed by atoms with E-state index in [2.05, 4.69) is 0 Å². The maximum Gasteiger partial charge on any atom is 0.289 e. The third kappa shape index (κ3) is 2.42. The molecular weight excluding hydrogens is 233 g/mol. The van der Waals surface area contributed by atoms with Crippen LogP contribution >= 0.6 is 0 Å². The Morgan fingerprint density at radius 2 is 1.89 bits per heavy atom. The molecule has 2 rings (SSSR count). The van der Waals surface area contributed by atoms with Gasteiger partial charge in [-0.2, -0.15) is 0 Å². The summed E-state index contributed by atoms with van der Waals surface area (Å²) < 4.78 is 18.3. The molecule has 0 bridgehead atoms. The van der Waals surface area contributed by atoms with Gasteiger partial charge in [0.1, 0.15) is 11.6 Å². The number of hydrogen-bond acceptors (Lipinski definition) is 2. The first-order valence-electron chi connectivity index (χ1n) is 5.73. The number of halogens is 1. The molecule has 0 saturated heterocycles. The van der Waals surface area contributed by atoms with Crippen molar-refractivity contribution in [3.05, 3.63) is 48.0 Å². The zero-order valence-corrected chi connectivity index (χ0v) is 10.3. The van der Waals surface area contributed by atoms with Crippen molar-refractivity contribution in [2.24, 2.45) is 0 Å². The number of carbonyl (C=O) groups is 1. The fraction of sp³-hybridized carbons (Fsp3) is 0.214. The second kappa shape index (κ2) is 5.04. The van der Waals surface area contributed by atoms with Gasteiger partial charge >= 0.3 is 0 Å². The van der Waals surface area contributed by atoms with Crippen LogP contribution in [0.1, 0.15) is 17.5 Å². The van der Waals surface area contributed by atoms with Crippen molar-refractivity contribution in [3.63, 3.8) is 0 Å². The lowest BCUT2D eigenvalue weighted by atomic mass is 10.2. The zero-order chi connectivity index (χ0) is 13.1. The van der Waals surface area contributed by atoms with Crippen LogP contribution in [0.3, 0.4) is 0 Å². The highest BCUT2D eigenvalue weighted by Gasteiger charge is 2.15. The molecule has 2 aromatic rings. The molecule has 1 amide bonds. The molecular formula is C14H14FNO2. The second-order valence-electron chi connectivity index (χ2n) is 3.99. The van der Waals surface area contributed by atoms with Crippen LogP contribution in [-0.2, 0) is 0 Å². The van der Waals surface area contributed by atoms with Gasteiger partial charge in [-0.1, -0.05) is 0 Å². The van der Waals surface area contributed by atoms with E-state index in [0.717, 1.165) is 5.56 Å². The van der Waals surface area contributed by atoms with Crippen molar-refractivity contribution >= 4 is 5.91 Å². The Morgan fingerprint density at radius 3 is 2.50 bits per heavy atom. The summed E-state index contributed by atoms with van der Waals surface area (Å²) >= 11 is 0. The second-order valence-corrected chi connectivity index (χ2v) is 3.99. The summed E-state index contributed by atoms with van der Waals surface area (Å²) in [4.78, 5) is 13.4. The van der Waals surface area contributed by atoms with Gasteiger partial charge in [-0.3, -0.25) is 4.79 Å². The minimum atomic E-state index is -0.299. The number of amides is 1. The molecule has 94 valence electrons. The Bertz CT molecular complexity index is 545. The van der Waals surface area contributed by atoms with Crippen molar-refractivity contribution < 1.29 is 13.6 Å². The summed E-state index contributed by atoms with van der Waals surface area (Å²) in [6.45, 7) is 2.51. The molecule has 0 aliphatic rings. The summed E-state index contributed by atoms with van der Waals surface area (Å²) in [7, 11) is 1.71. The van der Waals surface area contributed by atoms with Crippen molar-refractivity contribution in [1.29, 1.82) is 0 Å². The maximum absolute atomic E-state index is 12.8. The Hall–Kier alpha value is -2.10. The number of furan rings is 1. The van der Waals surface area contributed by atoms with E-state index in [1.165, 1.54) is 12.1 Å². The average Bonchev–Trinajstić information content (AvgIpc) is 2.87. The third-order valence-electron chi connectivity index (χ3n) is 2.77. The average molecular weight is 247 g/mol. The fourth-order valence-electron chi connectivity index (χ4n) is 1.55. The van der Waals surface area contributed by atoms with Gasteiger partial charge in [0.05, 0.1) is 0 Å². The van der Waals surface area contributed by atoms with E-state index in [0.29, 0.717) is 18.1 Å². The van der Waals surface area contributed by atoms with E-state index in [1.807, 2.05) is 6.92 Å². The maximum atomic E-state index is 12.8. The minimum absolute atomic E-state index is 0.161. The van der Waals surface area contributed by atoms with E-state index in [4.69, 9.17) is 4.42 Å². The highest BCUT2D eigenvalue weighted by atomic mass is 19.1. The smallest absolute Gasteiger partial charge is 0.289 e. The number of carbonyl (C=O) groups excluding carboxylic acids is 1. The molecule has 1 heterocycles. The normalized spacial score (nSPS) is 10.4. The number of nitrogens with zero attached hydrogens (tertiary/aromatic N) is 1. The molecule has 1 aromatic heterocycles. The molecule has 3 nitrogen and oxygen atoms in total. The molecule has 0 radical (unpaired) electrons. The van der Waals surface area contributed by atoms with Crippen molar-refractivity contribution in [2.75, 3.05) is 13.6 Å². The van der Waals surface area contributed by atoms with Gasteiger partial charge in [0.25, 0.3) is 5.91 Å². The van der Waals surface area contributed by atoms with Crippen LogP contribution in [0.4, 0.5) is 4.39 Å². The summed E-state index contributed by atoms with van der Waals surface area (Å²) in [6.07, 6.45) is 0. The lowest BCUT2D eigenvalue weighted by molar-refractivity contribution is 0.0772. The Balaban J connectivity index is 2.25. The van der Waals surface area contributed by atoms with Crippen LogP contribution in [0, 0.1) is 5.82 Å². The van der Waals surface area contributed by atoms with Gasteiger partial charge in [-0.25, -0.2) is 4.39 Å². The first-order chi connectivity index (χ1) is 8.61. The summed E-state index contributed by atoms with van der Waals surface area (Å²) in [6, 6.07) is 9.30. The highest BCUT2D eigenvalue weighted by molar-refractivity contribution is 5.91. The predicted molar refractivity (Wildman–Crippen MR) is 66.7 cm³/mol. The molecule has 4 heteroatoms. The van der Waals surface area contributed by atoms with Crippen LogP contribution < -0.4 is 0 Å². The Labute approximate surface area is 105 Å². The van der Waals surface area contributed by atoms with Crippen molar-refractivity contribution in [1.82, 2.24) is 4.90 Å². The lowest BCUT2D eigenvalue weighted by Gasteiger charge is -2.11. The summed E-state index contributed by atoms with van der Waals surface area (Å²) in [5.74, 6) is 0.389. The third-order valence-corrected chi connectivity index (χ3v) is 2.77. The number of benzene rings is 1. The van der Waals surface area contributed by atoms with Crippen LogP contribution in [0.25, 0.3) is 11.3 Å². The van der Waals surface area contributed by atoms with Gasteiger partial charge < -0.3 is 9.32 Å². The predicted octanol–water partition coefficient (Wildman–Crippen LogP) is 3.18. The molecule has 0 atom stereocenters. The lowest BCUT2D eigenvalue weighted by Crippen LogP contribution is -2.25. The van der Waals surface area contributed by atoms with Gasteiger partial charge in [0.15, 0.2) is 5.76 Å². The monoisotopic (exact) mass is 247 g/mol. The molecule has 0 N–H and O–H groups in total. The first-order valence-corrected chi connectivity index (χ1v) is 5.73. The van der Waals surface area contributed by atoms with Crippen LogP contribution in [0.2, 0.25) is 0 Å². The molecule has 0 unspecified atom stereocenters. The molecule has 18 heavy (non-hydrogen) atoms. The summed E-state index contributed by atoms with van der Waals surface area (Å²) in [5, 5.41) is 0. The molecule has 1 aromatic carbocycles. The molecule has 0 fully saturated rings. The van der Waals surface area contributed by atoms with E-state index >= 15 is 0 Å². The minimum Gasteiger partial charge on any atom is -0.451 e. The van der Waals surface area contributed by atoms with Crippen LogP contribution in [0.15, 0.2) is 40.8 Å². The molecule has 0 spiro atoms. The fourth-order valence-corrected chi connectivity index (χ4v) is 1.55. The van der Waals surface area contributed by atoms with Gasteiger partial charge in [-0.05, 0) is 43.3 Å². The van der Waals surface area contributed by atoms with Gasteiger partial charge in [0.2, 0.25) is 0 Å². The molecule has 0 aliphatic heterocycles. The van der Waals surface area contributed by atoms with E-state index in [-0.39, 0.29) is 11.7 Å². The standard InChI is InChI=1S/C14H14FNO2/c1-3-16(2)14(17)13-9-8-12(18-13)10-4-6-11(15)7-5-10/h4-9H,3H2,1-2H3. The largest absolute Gasteiger partial charge is 0.451 e. The quantitative estimate of drug-likeness (QED) is 0.834. The van der Waals surface area contributed by atoms with Crippen molar-refractivity contribution in [3.8, 4) is 11.3 Å². The molecule has 0 saturated carbocycles. The van der Waals surface area contributed by atoms with Crippen LogP contribution in [-0.4, -0.2) is 24.4 Å². The number of hydrogen-bond donors (Lipinski definition) is 0. The van der Waals surface area contributed by atoms with E-state index in [1.54, 1.807) is 36.2 Å². The highest BCUT2D eigenvalue weighted by Crippen LogP contribution is 2.22. The van der Waals surface area contributed by atoms with E-state index in [9.17, 15) is 9.18 Å². The number of rotatable bonds is 3. The summed E-state index contributed by atoms with van der Waals surface area (Å²) in [5.41, 5.74) is 0.745. The Kier molecular flexibility index (Phi) is 3.46. The first kappa shape index (κ1) is 12.4. The SMILES string of the molecule is CCN(C)C(=O)c1ccc(-c2ccc(F)cc2)o1. The van der Waals surface area contributed by atoms with E-state index < -0.39 is 0 Å². The van der Waals surface area contributed by atoms with Gasteiger partial charge in [0, 0.05) is 19.2 Å². The topological polar surface area (TPSA) is 33.5 Å². The molecule has 0 aliphatic carbocycles. The zero-order valence-electron chi connectivity index (χ0n) is 10.3. The Morgan fingerprint density at radius 1 is 1.22 bits per heavy atom. The van der Waals surface area contributed by atoms with Crippen molar-refractivity contribution in [2.45, 2.75) is 6.92 Å². The van der Waals surface area contributed by atoms with Crippen LogP contribution in [0.5, 0.6) is 0 Å².